The summed E-state index contributed by atoms with van der Waals surface area (Å²) in [6.45, 7) is 5.06. The van der Waals surface area contributed by atoms with E-state index in [0.29, 0.717) is 21.8 Å². The van der Waals surface area contributed by atoms with Gasteiger partial charge >= 0.3 is 5.97 Å². The lowest BCUT2D eigenvalue weighted by atomic mass is 10.0. The molecule has 0 aliphatic rings. The Balaban J connectivity index is 3.19. The number of hydrogen-bond donors (Lipinski definition) is 2. The highest BCUT2D eigenvalue weighted by molar-refractivity contribution is 7.79. The van der Waals surface area contributed by atoms with Gasteiger partial charge in [0.1, 0.15) is 5.75 Å². The molecule has 5 nitrogen and oxygen atoms in total. The van der Waals surface area contributed by atoms with Crippen molar-refractivity contribution in [3.8, 4) is 5.75 Å². The van der Waals surface area contributed by atoms with Crippen LogP contribution in [0.2, 0.25) is 0 Å². The second-order valence-corrected chi connectivity index (χ2v) is 5.15. The minimum atomic E-state index is -2.07. The number of carbonyl (C=O) groups is 1. The van der Waals surface area contributed by atoms with Gasteiger partial charge in [-0.1, -0.05) is 13.8 Å². The maximum Gasteiger partial charge on any atom is 0.341 e. The number of rotatable bonds is 5. The average Bonchev–Trinajstić information content (AvgIpc) is 2.24. The number of aliphatic carboxylic acids is 1. The standard InChI is InChI=1S/C12H16O5S/c1-7(2)10-5-9(17-6-11(13)14)4-8(3)12(10)18(15)16/h4-5,7H,6H2,1-3H3,(H,13,14)(H,15,16). The van der Waals surface area contributed by atoms with Gasteiger partial charge < -0.3 is 14.4 Å². The fraction of sp³-hybridized carbons (Fsp3) is 0.417. The third kappa shape index (κ3) is 3.54. The molecule has 0 heterocycles. The Morgan fingerprint density at radius 1 is 1.44 bits per heavy atom. The Hall–Kier alpha value is -1.40. The zero-order valence-corrected chi connectivity index (χ0v) is 11.3. The fourth-order valence-electron chi connectivity index (χ4n) is 1.66. The van der Waals surface area contributed by atoms with Gasteiger partial charge in [0.25, 0.3) is 0 Å². The minimum Gasteiger partial charge on any atom is -0.482 e. The van der Waals surface area contributed by atoms with Crippen LogP contribution in [-0.4, -0.2) is 26.4 Å². The van der Waals surface area contributed by atoms with Crippen LogP contribution in [-0.2, 0) is 15.9 Å². The first kappa shape index (κ1) is 14.7. The lowest BCUT2D eigenvalue weighted by molar-refractivity contribution is -0.139. The zero-order chi connectivity index (χ0) is 13.9. The number of ether oxygens (including phenoxy) is 1. The van der Waals surface area contributed by atoms with E-state index in [9.17, 15) is 13.6 Å². The number of hydrogen-bond acceptors (Lipinski definition) is 3. The Bertz CT molecular complexity index is 482. The topological polar surface area (TPSA) is 83.8 Å². The molecule has 0 bridgehead atoms. The maximum absolute atomic E-state index is 11.3. The molecule has 1 aromatic carbocycles. The molecule has 0 spiro atoms. The summed E-state index contributed by atoms with van der Waals surface area (Å²) < 4.78 is 25.7. The molecule has 1 aromatic rings. The van der Waals surface area contributed by atoms with Gasteiger partial charge in [0.15, 0.2) is 17.7 Å². The van der Waals surface area contributed by atoms with Crippen LogP contribution in [0.5, 0.6) is 5.75 Å². The first-order chi connectivity index (χ1) is 8.32. The van der Waals surface area contributed by atoms with Crippen molar-refractivity contribution < 1.29 is 23.4 Å². The van der Waals surface area contributed by atoms with Gasteiger partial charge in [-0.15, -0.1) is 0 Å². The summed E-state index contributed by atoms with van der Waals surface area (Å²) in [5, 5.41) is 8.55. The van der Waals surface area contributed by atoms with Gasteiger partial charge in [0.2, 0.25) is 0 Å². The van der Waals surface area contributed by atoms with Crippen LogP contribution in [0.15, 0.2) is 17.0 Å². The third-order valence-corrected chi connectivity index (χ3v) is 3.34. The van der Waals surface area contributed by atoms with Gasteiger partial charge in [0.05, 0.1) is 4.90 Å². The predicted octanol–water partition coefficient (Wildman–Crippen LogP) is 2.16. The van der Waals surface area contributed by atoms with Crippen molar-refractivity contribution in [2.24, 2.45) is 0 Å². The van der Waals surface area contributed by atoms with E-state index in [0.717, 1.165) is 0 Å². The van der Waals surface area contributed by atoms with Crippen molar-refractivity contribution in [2.75, 3.05) is 6.61 Å². The Kier molecular flexibility index (Phi) is 4.86. The monoisotopic (exact) mass is 272 g/mol. The molecule has 0 saturated heterocycles. The summed E-state index contributed by atoms with van der Waals surface area (Å²) in [6, 6.07) is 3.18. The van der Waals surface area contributed by atoms with E-state index in [1.165, 1.54) is 0 Å². The number of carboxylic acid groups (broad SMARTS) is 1. The molecular weight excluding hydrogens is 256 g/mol. The van der Waals surface area contributed by atoms with Gasteiger partial charge in [-0.2, -0.15) is 0 Å². The molecule has 1 unspecified atom stereocenters. The summed E-state index contributed by atoms with van der Waals surface area (Å²) in [5.74, 6) is -0.621. The quantitative estimate of drug-likeness (QED) is 0.802. The Labute approximate surface area is 108 Å². The predicted molar refractivity (Wildman–Crippen MR) is 67.4 cm³/mol. The molecule has 0 amide bonds. The highest BCUT2D eigenvalue weighted by Crippen LogP contribution is 2.30. The van der Waals surface area contributed by atoms with Gasteiger partial charge in [-0.05, 0) is 36.1 Å². The SMILES string of the molecule is Cc1cc(OCC(=O)O)cc(C(C)C)c1S(=O)O. The normalized spacial score (nSPS) is 12.5. The van der Waals surface area contributed by atoms with Gasteiger partial charge in [-0.3, -0.25) is 0 Å². The highest BCUT2D eigenvalue weighted by atomic mass is 32.2. The van der Waals surface area contributed by atoms with E-state index in [2.05, 4.69) is 0 Å². The van der Waals surface area contributed by atoms with E-state index in [1.54, 1.807) is 19.1 Å². The number of benzene rings is 1. The molecule has 1 atom stereocenters. The second kappa shape index (κ2) is 5.97. The first-order valence-electron chi connectivity index (χ1n) is 5.43. The van der Waals surface area contributed by atoms with Crippen LogP contribution in [0.3, 0.4) is 0 Å². The largest absolute Gasteiger partial charge is 0.482 e. The van der Waals surface area contributed by atoms with E-state index < -0.39 is 23.7 Å². The minimum absolute atomic E-state index is 0.0446. The van der Waals surface area contributed by atoms with E-state index in [4.69, 9.17) is 9.84 Å². The maximum atomic E-state index is 11.3. The van der Waals surface area contributed by atoms with Crippen LogP contribution in [0.4, 0.5) is 0 Å². The molecule has 0 saturated carbocycles. The van der Waals surface area contributed by atoms with Crippen LogP contribution in [0.25, 0.3) is 0 Å². The molecule has 0 aliphatic heterocycles. The molecule has 0 aromatic heterocycles. The summed E-state index contributed by atoms with van der Waals surface area (Å²) in [4.78, 5) is 10.8. The van der Waals surface area contributed by atoms with Crippen molar-refractivity contribution in [1.82, 2.24) is 0 Å². The molecule has 18 heavy (non-hydrogen) atoms. The summed E-state index contributed by atoms with van der Waals surface area (Å²) in [5.41, 5.74) is 1.30. The summed E-state index contributed by atoms with van der Waals surface area (Å²) >= 11 is -2.07. The van der Waals surface area contributed by atoms with E-state index in [1.807, 2.05) is 13.8 Å². The molecule has 2 N–H and O–H groups in total. The Morgan fingerprint density at radius 2 is 2.06 bits per heavy atom. The van der Waals surface area contributed by atoms with Crippen molar-refractivity contribution >= 4 is 17.0 Å². The first-order valence-corrected chi connectivity index (χ1v) is 6.53. The number of carboxylic acids is 1. The fourth-order valence-corrected chi connectivity index (χ4v) is 2.49. The lowest BCUT2D eigenvalue weighted by Gasteiger charge is -2.15. The van der Waals surface area contributed by atoms with Crippen molar-refractivity contribution in [2.45, 2.75) is 31.6 Å². The van der Waals surface area contributed by atoms with Crippen LogP contribution in [0, 0.1) is 6.92 Å². The van der Waals surface area contributed by atoms with E-state index >= 15 is 0 Å². The molecular formula is C12H16O5S. The van der Waals surface area contributed by atoms with E-state index in [-0.39, 0.29) is 5.92 Å². The molecule has 0 aliphatic carbocycles. The van der Waals surface area contributed by atoms with Crippen LogP contribution in [0.1, 0.15) is 30.9 Å². The highest BCUT2D eigenvalue weighted by Gasteiger charge is 2.16. The Morgan fingerprint density at radius 3 is 2.50 bits per heavy atom. The van der Waals surface area contributed by atoms with Gasteiger partial charge in [0, 0.05) is 0 Å². The summed E-state index contributed by atoms with van der Waals surface area (Å²) in [7, 11) is 0. The smallest absolute Gasteiger partial charge is 0.341 e. The molecule has 0 fully saturated rings. The molecule has 100 valence electrons. The second-order valence-electron chi connectivity index (χ2n) is 4.24. The zero-order valence-electron chi connectivity index (χ0n) is 10.5. The van der Waals surface area contributed by atoms with Crippen molar-refractivity contribution in [3.05, 3.63) is 23.3 Å². The van der Waals surface area contributed by atoms with Crippen LogP contribution >= 0.6 is 0 Å². The molecule has 6 heteroatoms. The summed E-state index contributed by atoms with van der Waals surface area (Å²) in [6.07, 6.45) is 0. The van der Waals surface area contributed by atoms with Crippen molar-refractivity contribution in [3.63, 3.8) is 0 Å². The van der Waals surface area contributed by atoms with Crippen molar-refractivity contribution in [1.29, 1.82) is 0 Å². The van der Waals surface area contributed by atoms with Crippen LogP contribution < -0.4 is 4.74 Å². The molecule has 0 radical (unpaired) electrons. The lowest BCUT2D eigenvalue weighted by Crippen LogP contribution is -2.10. The van der Waals surface area contributed by atoms with Gasteiger partial charge in [-0.25, -0.2) is 9.00 Å². The molecule has 1 rings (SSSR count). The third-order valence-electron chi connectivity index (χ3n) is 2.44. The average molecular weight is 272 g/mol. The number of aryl methyl sites for hydroxylation is 1.